The molecule has 0 aromatic heterocycles. The first-order valence-corrected chi connectivity index (χ1v) is 8.87. The summed E-state index contributed by atoms with van der Waals surface area (Å²) in [6, 6.07) is 3.20. The van der Waals surface area contributed by atoms with E-state index in [4.69, 9.17) is 5.73 Å². The second kappa shape index (κ2) is 5.23. The SMILES string of the molecule is Cc1cc(Br)c(C(N)C(C)(C)S(C)(=O)=O)cc1Br. The number of hydrogen-bond acceptors (Lipinski definition) is 3. The Morgan fingerprint density at radius 1 is 1.22 bits per heavy atom. The zero-order chi connectivity index (χ0) is 14.3. The molecule has 0 heterocycles. The fraction of sp³-hybridized carbons (Fsp3) is 0.500. The van der Waals surface area contributed by atoms with Crippen LogP contribution in [0, 0.1) is 6.92 Å². The van der Waals surface area contributed by atoms with Crippen LogP contribution < -0.4 is 5.73 Å². The Kier molecular flexibility index (Phi) is 4.69. The second-order valence-electron chi connectivity index (χ2n) is 4.98. The first-order valence-electron chi connectivity index (χ1n) is 5.39. The number of benzene rings is 1. The number of halogens is 2. The molecule has 0 spiro atoms. The summed E-state index contributed by atoms with van der Waals surface area (Å²) in [6.07, 6.45) is 1.21. The minimum atomic E-state index is -3.25. The lowest BCUT2D eigenvalue weighted by molar-refractivity contribution is 0.495. The Bertz CT molecular complexity index is 568. The maximum Gasteiger partial charge on any atom is 0.154 e. The first-order chi connectivity index (χ1) is 7.98. The van der Waals surface area contributed by atoms with Gasteiger partial charge in [0.25, 0.3) is 0 Å². The molecule has 102 valence electrons. The molecular weight excluding hydrogens is 382 g/mol. The third-order valence-corrected chi connectivity index (χ3v) is 7.02. The summed E-state index contributed by atoms with van der Waals surface area (Å²) in [6.45, 7) is 5.26. The van der Waals surface area contributed by atoms with Crippen LogP contribution in [0.2, 0.25) is 0 Å². The minimum Gasteiger partial charge on any atom is -0.323 e. The van der Waals surface area contributed by atoms with Crippen molar-refractivity contribution >= 4 is 41.7 Å². The topological polar surface area (TPSA) is 60.2 Å². The monoisotopic (exact) mass is 397 g/mol. The zero-order valence-corrected chi connectivity index (χ0v) is 14.8. The van der Waals surface area contributed by atoms with Gasteiger partial charge in [0.1, 0.15) is 0 Å². The van der Waals surface area contributed by atoms with Crippen LogP contribution >= 0.6 is 31.9 Å². The highest BCUT2D eigenvalue weighted by Crippen LogP contribution is 2.36. The van der Waals surface area contributed by atoms with Crippen LogP contribution in [-0.4, -0.2) is 19.4 Å². The van der Waals surface area contributed by atoms with Gasteiger partial charge >= 0.3 is 0 Å². The molecular formula is C12H17Br2NO2S. The highest BCUT2D eigenvalue weighted by atomic mass is 79.9. The van der Waals surface area contributed by atoms with Crippen LogP contribution in [0.3, 0.4) is 0 Å². The van der Waals surface area contributed by atoms with Crippen molar-refractivity contribution in [2.24, 2.45) is 5.73 Å². The highest BCUT2D eigenvalue weighted by Gasteiger charge is 2.38. The maximum atomic E-state index is 11.8. The van der Waals surface area contributed by atoms with Crippen molar-refractivity contribution in [3.63, 3.8) is 0 Å². The van der Waals surface area contributed by atoms with Crippen molar-refractivity contribution in [1.82, 2.24) is 0 Å². The molecule has 0 fully saturated rings. The molecule has 0 amide bonds. The summed E-state index contributed by atoms with van der Waals surface area (Å²) < 4.78 is 24.4. The smallest absolute Gasteiger partial charge is 0.154 e. The van der Waals surface area contributed by atoms with Gasteiger partial charge in [-0.1, -0.05) is 31.9 Å². The van der Waals surface area contributed by atoms with Crippen LogP contribution in [-0.2, 0) is 9.84 Å². The van der Waals surface area contributed by atoms with Gasteiger partial charge in [-0.3, -0.25) is 0 Å². The largest absolute Gasteiger partial charge is 0.323 e. The fourth-order valence-electron chi connectivity index (χ4n) is 1.51. The maximum absolute atomic E-state index is 11.8. The summed E-state index contributed by atoms with van der Waals surface area (Å²) in [5, 5.41) is 0. The minimum absolute atomic E-state index is 0.598. The molecule has 1 rings (SSSR count). The van der Waals surface area contributed by atoms with Crippen molar-refractivity contribution in [1.29, 1.82) is 0 Å². The molecule has 1 aromatic carbocycles. The van der Waals surface area contributed by atoms with E-state index in [1.807, 2.05) is 19.1 Å². The average Bonchev–Trinajstić information content (AvgIpc) is 2.20. The molecule has 0 radical (unpaired) electrons. The van der Waals surface area contributed by atoms with Crippen LogP contribution in [0.15, 0.2) is 21.1 Å². The lowest BCUT2D eigenvalue weighted by Crippen LogP contribution is -2.42. The predicted octanol–water partition coefficient (Wildman–Crippen LogP) is 3.34. The van der Waals surface area contributed by atoms with E-state index in [2.05, 4.69) is 31.9 Å². The predicted molar refractivity (Wildman–Crippen MR) is 82.4 cm³/mol. The standard InChI is InChI=1S/C12H17Br2NO2S/c1-7-5-10(14)8(6-9(7)13)11(15)12(2,3)18(4,16)17/h5-6,11H,15H2,1-4H3. The van der Waals surface area contributed by atoms with E-state index in [1.165, 1.54) is 6.26 Å². The van der Waals surface area contributed by atoms with E-state index in [9.17, 15) is 8.42 Å². The third kappa shape index (κ3) is 2.98. The molecule has 0 bridgehead atoms. The number of sulfone groups is 1. The molecule has 1 unspecified atom stereocenters. The van der Waals surface area contributed by atoms with E-state index in [0.29, 0.717) is 0 Å². The van der Waals surface area contributed by atoms with Crippen LogP contribution in [0.1, 0.15) is 31.0 Å². The van der Waals surface area contributed by atoms with Gasteiger partial charge in [0.15, 0.2) is 9.84 Å². The zero-order valence-electron chi connectivity index (χ0n) is 10.8. The molecule has 0 saturated carbocycles. The Hall–Kier alpha value is 0.0900. The van der Waals surface area contributed by atoms with Gasteiger partial charge in [0, 0.05) is 21.2 Å². The molecule has 2 N–H and O–H groups in total. The quantitative estimate of drug-likeness (QED) is 0.849. The highest BCUT2D eigenvalue weighted by molar-refractivity contribution is 9.11. The van der Waals surface area contributed by atoms with Crippen molar-refractivity contribution in [3.05, 3.63) is 32.2 Å². The number of rotatable bonds is 3. The Labute approximate surface area is 125 Å². The van der Waals surface area contributed by atoms with Crippen molar-refractivity contribution < 1.29 is 8.42 Å². The van der Waals surface area contributed by atoms with Gasteiger partial charge in [0.2, 0.25) is 0 Å². The summed E-state index contributed by atoms with van der Waals surface area (Å²) in [4.78, 5) is 0. The van der Waals surface area contributed by atoms with E-state index in [-0.39, 0.29) is 0 Å². The first kappa shape index (κ1) is 16.1. The number of hydrogen-bond donors (Lipinski definition) is 1. The van der Waals surface area contributed by atoms with Crippen molar-refractivity contribution in [2.45, 2.75) is 31.6 Å². The summed E-state index contributed by atoms with van der Waals surface area (Å²) in [5.41, 5.74) is 7.99. The molecule has 6 heteroatoms. The normalized spacial score (nSPS) is 14.6. The van der Waals surface area contributed by atoms with Gasteiger partial charge < -0.3 is 5.73 Å². The molecule has 1 aromatic rings. The lowest BCUT2D eigenvalue weighted by Gasteiger charge is -2.31. The summed E-state index contributed by atoms with van der Waals surface area (Å²) in [5.74, 6) is 0. The summed E-state index contributed by atoms with van der Waals surface area (Å²) in [7, 11) is -3.25. The molecule has 0 aliphatic carbocycles. The number of nitrogens with two attached hydrogens (primary N) is 1. The molecule has 0 aliphatic rings. The van der Waals surface area contributed by atoms with Gasteiger partial charge in [0.05, 0.1) is 4.75 Å². The van der Waals surface area contributed by atoms with Crippen LogP contribution in [0.4, 0.5) is 0 Å². The Morgan fingerprint density at radius 3 is 2.17 bits per heavy atom. The van der Waals surface area contributed by atoms with E-state index in [0.717, 1.165) is 20.1 Å². The lowest BCUT2D eigenvalue weighted by atomic mass is 9.95. The second-order valence-corrected chi connectivity index (χ2v) is 9.28. The van der Waals surface area contributed by atoms with Gasteiger partial charge in [-0.2, -0.15) is 0 Å². The molecule has 3 nitrogen and oxygen atoms in total. The number of aryl methyl sites for hydroxylation is 1. The summed E-state index contributed by atoms with van der Waals surface area (Å²) >= 11 is 6.89. The third-order valence-electron chi connectivity index (χ3n) is 3.32. The van der Waals surface area contributed by atoms with Crippen molar-refractivity contribution in [2.75, 3.05) is 6.26 Å². The van der Waals surface area contributed by atoms with Gasteiger partial charge in [-0.25, -0.2) is 8.42 Å². The molecule has 18 heavy (non-hydrogen) atoms. The van der Waals surface area contributed by atoms with Gasteiger partial charge in [-0.05, 0) is 44.0 Å². The van der Waals surface area contributed by atoms with Crippen molar-refractivity contribution in [3.8, 4) is 0 Å². The fourth-order valence-corrected chi connectivity index (χ4v) is 3.16. The molecule has 1 atom stereocenters. The Morgan fingerprint density at radius 2 is 1.72 bits per heavy atom. The van der Waals surface area contributed by atoms with Crippen LogP contribution in [0.25, 0.3) is 0 Å². The average molecular weight is 399 g/mol. The van der Waals surface area contributed by atoms with E-state index >= 15 is 0 Å². The van der Waals surface area contributed by atoms with Crippen LogP contribution in [0.5, 0.6) is 0 Å². The van der Waals surface area contributed by atoms with E-state index < -0.39 is 20.6 Å². The molecule has 0 aliphatic heterocycles. The van der Waals surface area contributed by atoms with E-state index in [1.54, 1.807) is 13.8 Å². The molecule has 0 saturated heterocycles. The van der Waals surface area contributed by atoms with Gasteiger partial charge in [-0.15, -0.1) is 0 Å². The Balaban J connectivity index is 3.36.